The fourth-order valence-electron chi connectivity index (χ4n) is 3.48. The molecule has 0 aromatic carbocycles. The smallest absolute Gasteiger partial charge is 0.306 e. The van der Waals surface area contributed by atoms with E-state index in [9.17, 15) is 9.59 Å². The standard InChI is InChI=1S/C24H46O4/c1-6-7-8-9-10-11-12-13-14-15-19-27-22(25)17-16-18-23(26)28-24(20(2)3)21(4)5/h20-21,24H,6-19H2,1-5H3. The van der Waals surface area contributed by atoms with Crippen LogP contribution in [-0.2, 0) is 19.1 Å². The van der Waals surface area contributed by atoms with Crippen molar-refractivity contribution in [3.63, 3.8) is 0 Å². The van der Waals surface area contributed by atoms with E-state index in [4.69, 9.17) is 9.47 Å². The lowest BCUT2D eigenvalue weighted by Gasteiger charge is -2.24. The second-order valence-corrected chi connectivity index (χ2v) is 8.70. The van der Waals surface area contributed by atoms with Crippen LogP contribution in [0.1, 0.15) is 118 Å². The van der Waals surface area contributed by atoms with E-state index in [2.05, 4.69) is 34.6 Å². The van der Waals surface area contributed by atoms with Gasteiger partial charge in [-0.1, -0.05) is 92.4 Å². The highest BCUT2D eigenvalue weighted by Crippen LogP contribution is 2.17. The Bertz CT molecular complexity index is 382. The van der Waals surface area contributed by atoms with Gasteiger partial charge in [0.15, 0.2) is 0 Å². The minimum atomic E-state index is -0.213. The summed E-state index contributed by atoms with van der Waals surface area (Å²) < 4.78 is 10.8. The first-order valence-electron chi connectivity index (χ1n) is 11.7. The second kappa shape index (κ2) is 18.0. The van der Waals surface area contributed by atoms with Gasteiger partial charge in [-0.05, 0) is 24.7 Å². The zero-order valence-corrected chi connectivity index (χ0v) is 19.3. The summed E-state index contributed by atoms with van der Waals surface area (Å²) in [5, 5.41) is 0. The lowest BCUT2D eigenvalue weighted by atomic mass is 9.96. The van der Waals surface area contributed by atoms with E-state index < -0.39 is 0 Å². The summed E-state index contributed by atoms with van der Waals surface area (Å²) >= 11 is 0. The van der Waals surface area contributed by atoms with Crippen LogP contribution in [0.15, 0.2) is 0 Å². The van der Waals surface area contributed by atoms with Gasteiger partial charge in [0.05, 0.1) is 6.61 Å². The van der Waals surface area contributed by atoms with Gasteiger partial charge in [-0.25, -0.2) is 0 Å². The first kappa shape index (κ1) is 26.9. The molecule has 4 nitrogen and oxygen atoms in total. The third-order valence-electron chi connectivity index (χ3n) is 5.10. The number of carbonyl (C=O) groups excluding carboxylic acids is 2. The van der Waals surface area contributed by atoms with E-state index in [-0.39, 0.29) is 24.5 Å². The van der Waals surface area contributed by atoms with Crippen LogP contribution >= 0.6 is 0 Å². The maximum atomic E-state index is 11.9. The summed E-state index contributed by atoms with van der Waals surface area (Å²) in [5.74, 6) is 0.188. The lowest BCUT2D eigenvalue weighted by Crippen LogP contribution is -2.28. The van der Waals surface area contributed by atoms with Gasteiger partial charge in [0, 0.05) is 12.8 Å². The molecule has 0 spiro atoms. The van der Waals surface area contributed by atoms with E-state index in [1.54, 1.807) is 0 Å². The van der Waals surface area contributed by atoms with Gasteiger partial charge in [-0.3, -0.25) is 9.59 Å². The van der Waals surface area contributed by atoms with Gasteiger partial charge in [-0.2, -0.15) is 0 Å². The molecule has 0 amide bonds. The summed E-state index contributed by atoms with van der Waals surface area (Å²) in [4.78, 5) is 23.7. The van der Waals surface area contributed by atoms with E-state index in [0.29, 0.717) is 31.3 Å². The quantitative estimate of drug-likeness (QED) is 0.187. The van der Waals surface area contributed by atoms with Crippen LogP contribution in [0.4, 0.5) is 0 Å². The first-order chi connectivity index (χ1) is 13.4. The molecule has 0 bridgehead atoms. The van der Waals surface area contributed by atoms with Gasteiger partial charge >= 0.3 is 11.9 Å². The minimum Gasteiger partial charge on any atom is -0.466 e. The molecule has 28 heavy (non-hydrogen) atoms. The fourth-order valence-corrected chi connectivity index (χ4v) is 3.48. The van der Waals surface area contributed by atoms with Crippen molar-refractivity contribution in [3.8, 4) is 0 Å². The molecule has 0 aromatic rings. The lowest BCUT2D eigenvalue weighted by molar-refractivity contribution is -0.154. The number of hydrogen-bond donors (Lipinski definition) is 0. The molecule has 0 unspecified atom stereocenters. The van der Waals surface area contributed by atoms with E-state index in [1.807, 2.05) is 0 Å². The van der Waals surface area contributed by atoms with Gasteiger partial charge < -0.3 is 9.47 Å². The molecular formula is C24H46O4. The monoisotopic (exact) mass is 398 g/mol. The van der Waals surface area contributed by atoms with Crippen molar-refractivity contribution in [2.75, 3.05) is 6.61 Å². The second-order valence-electron chi connectivity index (χ2n) is 8.70. The van der Waals surface area contributed by atoms with Gasteiger partial charge in [0.25, 0.3) is 0 Å². The third kappa shape index (κ3) is 15.9. The van der Waals surface area contributed by atoms with Crippen molar-refractivity contribution in [1.82, 2.24) is 0 Å². The highest BCUT2D eigenvalue weighted by atomic mass is 16.5. The Hall–Kier alpha value is -1.06. The van der Waals surface area contributed by atoms with E-state index >= 15 is 0 Å². The molecule has 0 aliphatic rings. The first-order valence-corrected chi connectivity index (χ1v) is 11.7. The largest absolute Gasteiger partial charge is 0.466 e. The van der Waals surface area contributed by atoms with Gasteiger partial charge in [0.1, 0.15) is 6.10 Å². The summed E-state index contributed by atoms with van der Waals surface area (Å²) in [6.07, 6.45) is 13.7. The molecule has 0 radical (unpaired) electrons. The average molecular weight is 399 g/mol. The summed E-state index contributed by atoms with van der Waals surface area (Å²) in [6.45, 7) is 11.0. The highest BCUT2D eigenvalue weighted by Gasteiger charge is 2.21. The summed E-state index contributed by atoms with van der Waals surface area (Å²) in [7, 11) is 0. The van der Waals surface area contributed by atoms with Crippen molar-refractivity contribution in [1.29, 1.82) is 0 Å². The van der Waals surface area contributed by atoms with E-state index in [1.165, 1.54) is 51.4 Å². The molecule has 0 atom stereocenters. The average Bonchev–Trinajstić information content (AvgIpc) is 2.63. The Morgan fingerprint density at radius 2 is 1.11 bits per heavy atom. The van der Waals surface area contributed by atoms with Crippen LogP contribution in [0.5, 0.6) is 0 Å². The van der Waals surface area contributed by atoms with Crippen LogP contribution in [0.2, 0.25) is 0 Å². The van der Waals surface area contributed by atoms with Gasteiger partial charge in [-0.15, -0.1) is 0 Å². The van der Waals surface area contributed by atoms with Crippen molar-refractivity contribution in [3.05, 3.63) is 0 Å². The number of esters is 2. The number of ether oxygens (including phenoxy) is 2. The van der Waals surface area contributed by atoms with E-state index in [0.717, 1.165) is 12.8 Å². The molecule has 0 N–H and O–H groups in total. The molecule has 166 valence electrons. The predicted octanol–water partition coefficient (Wildman–Crippen LogP) is 6.84. The van der Waals surface area contributed by atoms with Crippen molar-refractivity contribution < 1.29 is 19.1 Å². The Morgan fingerprint density at radius 1 is 0.643 bits per heavy atom. The minimum absolute atomic E-state index is 0.0595. The maximum absolute atomic E-state index is 11.9. The number of carbonyl (C=O) groups is 2. The van der Waals surface area contributed by atoms with Crippen LogP contribution in [0.3, 0.4) is 0 Å². The Labute approximate surface area is 174 Å². The van der Waals surface area contributed by atoms with Crippen LogP contribution in [-0.4, -0.2) is 24.6 Å². The number of hydrogen-bond acceptors (Lipinski definition) is 4. The molecule has 0 aliphatic carbocycles. The zero-order chi connectivity index (χ0) is 21.2. The van der Waals surface area contributed by atoms with Crippen molar-refractivity contribution >= 4 is 11.9 Å². The molecule has 0 aliphatic heterocycles. The molecular weight excluding hydrogens is 352 g/mol. The highest BCUT2D eigenvalue weighted by molar-refractivity contribution is 5.72. The Morgan fingerprint density at radius 3 is 1.61 bits per heavy atom. The SMILES string of the molecule is CCCCCCCCCCCCOC(=O)CCCC(=O)OC(C(C)C)C(C)C. The summed E-state index contributed by atoms with van der Waals surface area (Å²) in [6, 6.07) is 0. The Kier molecular flexibility index (Phi) is 17.3. The van der Waals surface area contributed by atoms with Crippen LogP contribution in [0, 0.1) is 11.8 Å². The molecule has 0 aromatic heterocycles. The summed E-state index contributed by atoms with van der Waals surface area (Å²) in [5.41, 5.74) is 0. The van der Waals surface area contributed by atoms with Crippen LogP contribution in [0.25, 0.3) is 0 Å². The van der Waals surface area contributed by atoms with Crippen molar-refractivity contribution in [2.24, 2.45) is 11.8 Å². The molecule has 4 heteroatoms. The van der Waals surface area contributed by atoms with Crippen molar-refractivity contribution in [2.45, 2.75) is 124 Å². The zero-order valence-electron chi connectivity index (χ0n) is 19.3. The Balaban J connectivity index is 3.54. The van der Waals surface area contributed by atoms with Crippen LogP contribution < -0.4 is 0 Å². The number of rotatable bonds is 18. The fraction of sp³-hybridized carbons (Fsp3) is 0.917. The molecule has 0 saturated carbocycles. The third-order valence-corrected chi connectivity index (χ3v) is 5.10. The maximum Gasteiger partial charge on any atom is 0.306 e. The predicted molar refractivity (Wildman–Crippen MR) is 116 cm³/mol. The molecule has 0 saturated heterocycles. The molecule has 0 heterocycles. The van der Waals surface area contributed by atoms with Gasteiger partial charge in [0.2, 0.25) is 0 Å². The topological polar surface area (TPSA) is 52.6 Å². The number of unbranched alkanes of at least 4 members (excludes halogenated alkanes) is 9. The molecule has 0 fully saturated rings. The molecule has 0 rings (SSSR count). The normalized spacial score (nSPS) is 11.4.